The second kappa shape index (κ2) is 9.31. The van der Waals surface area contributed by atoms with Crippen LogP contribution in [-0.4, -0.2) is 31.7 Å². The highest BCUT2D eigenvalue weighted by Gasteiger charge is 2.30. The van der Waals surface area contributed by atoms with Crippen molar-refractivity contribution in [2.24, 2.45) is 0 Å². The lowest BCUT2D eigenvalue weighted by Gasteiger charge is -2.15. The van der Waals surface area contributed by atoms with Gasteiger partial charge in [0.05, 0.1) is 24.8 Å². The molecule has 0 aromatic heterocycles. The Morgan fingerprint density at radius 2 is 1.72 bits per heavy atom. The van der Waals surface area contributed by atoms with Gasteiger partial charge in [-0.1, -0.05) is 0 Å². The van der Waals surface area contributed by atoms with Crippen LogP contribution in [-0.2, 0) is 15.7 Å². The van der Waals surface area contributed by atoms with Gasteiger partial charge in [-0.05, 0) is 56.3 Å². The number of hydrogen-bond acceptors (Lipinski definition) is 5. The number of nitrogens with one attached hydrogen (secondary N) is 1. The van der Waals surface area contributed by atoms with Crippen LogP contribution in [0.1, 0.15) is 29.8 Å². The Morgan fingerprint density at radius 1 is 1.07 bits per heavy atom. The first-order chi connectivity index (χ1) is 13.7. The molecule has 0 spiro atoms. The summed E-state index contributed by atoms with van der Waals surface area (Å²) in [5.41, 5.74) is -0.531. The van der Waals surface area contributed by atoms with Gasteiger partial charge in [-0.3, -0.25) is 4.79 Å². The number of ether oxygens (including phenoxy) is 3. The van der Waals surface area contributed by atoms with E-state index < -0.39 is 29.7 Å². The van der Waals surface area contributed by atoms with Crippen molar-refractivity contribution in [2.75, 3.05) is 19.0 Å². The Bertz CT molecular complexity index is 865. The maximum Gasteiger partial charge on any atom is 0.416 e. The van der Waals surface area contributed by atoms with Crippen molar-refractivity contribution < 1.29 is 37.0 Å². The highest BCUT2D eigenvalue weighted by Crippen LogP contribution is 2.30. The average Bonchev–Trinajstić information content (AvgIpc) is 2.67. The number of halogens is 3. The maximum atomic E-state index is 12.6. The Kier molecular flexibility index (Phi) is 7.08. The standard InChI is InChI=1S/C20H20F3NO5/c1-4-28-17-11-13(5-10-16(17)27-3)19(26)29-12(2)18(25)24-15-8-6-14(7-9-15)20(21,22)23/h5-12H,4H2,1-3H3,(H,24,25)/t12-/m0/s1. The molecule has 0 aliphatic rings. The molecule has 1 amide bonds. The van der Waals surface area contributed by atoms with E-state index in [9.17, 15) is 22.8 Å². The van der Waals surface area contributed by atoms with E-state index in [1.54, 1.807) is 6.92 Å². The molecule has 9 heteroatoms. The van der Waals surface area contributed by atoms with Gasteiger partial charge in [-0.2, -0.15) is 13.2 Å². The molecule has 0 unspecified atom stereocenters. The van der Waals surface area contributed by atoms with Crippen molar-refractivity contribution in [3.8, 4) is 11.5 Å². The first-order valence-corrected chi connectivity index (χ1v) is 8.65. The highest BCUT2D eigenvalue weighted by atomic mass is 19.4. The molecule has 1 atom stereocenters. The molecule has 0 aliphatic heterocycles. The molecule has 1 N–H and O–H groups in total. The average molecular weight is 411 g/mol. The summed E-state index contributed by atoms with van der Waals surface area (Å²) in [7, 11) is 1.46. The fourth-order valence-electron chi connectivity index (χ4n) is 2.34. The molecule has 0 saturated heterocycles. The van der Waals surface area contributed by atoms with Gasteiger partial charge in [0, 0.05) is 5.69 Å². The zero-order chi connectivity index (χ0) is 21.6. The van der Waals surface area contributed by atoms with Gasteiger partial charge in [-0.15, -0.1) is 0 Å². The monoisotopic (exact) mass is 411 g/mol. The van der Waals surface area contributed by atoms with Crippen LogP contribution in [0.5, 0.6) is 11.5 Å². The zero-order valence-electron chi connectivity index (χ0n) is 16.0. The molecule has 0 radical (unpaired) electrons. The number of hydrogen-bond donors (Lipinski definition) is 1. The van der Waals surface area contributed by atoms with E-state index in [2.05, 4.69) is 5.32 Å². The number of alkyl halides is 3. The van der Waals surface area contributed by atoms with Crippen LogP contribution >= 0.6 is 0 Å². The van der Waals surface area contributed by atoms with Crippen molar-refractivity contribution in [1.82, 2.24) is 0 Å². The van der Waals surface area contributed by atoms with Crippen LogP contribution in [0.4, 0.5) is 18.9 Å². The molecular formula is C20H20F3NO5. The molecule has 2 aromatic rings. The van der Waals surface area contributed by atoms with Gasteiger partial charge in [0.2, 0.25) is 0 Å². The molecule has 0 fully saturated rings. The van der Waals surface area contributed by atoms with E-state index in [1.165, 1.54) is 32.2 Å². The lowest BCUT2D eigenvalue weighted by Crippen LogP contribution is -2.30. The number of amides is 1. The van der Waals surface area contributed by atoms with Gasteiger partial charge in [0.25, 0.3) is 5.91 Å². The predicted octanol–water partition coefficient (Wildman–Crippen LogP) is 4.30. The largest absolute Gasteiger partial charge is 0.493 e. The lowest BCUT2D eigenvalue weighted by atomic mass is 10.2. The SMILES string of the molecule is CCOc1cc(C(=O)O[C@@H](C)C(=O)Nc2ccc(C(F)(F)F)cc2)ccc1OC. The molecule has 156 valence electrons. The Labute approximate surface area is 165 Å². The lowest BCUT2D eigenvalue weighted by molar-refractivity contribution is -0.137. The van der Waals surface area contributed by atoms with Crippen LogP contribution in [0.2, 0.25) is 0 Å². The topological polar surface area (TPSA) is 73.9 Å². The number of anilines is 1. The van der Waals surface area contributed by atoms with Crippen LogP contribution < -0.4 is 14.8 Å². The Hall–Kier alpha value is -3.23. The van der Waals surface area contributed by atoms with Crippen molar-refractivity contribution in [3.05, 3.63) is 53.6 Å². The molecule has 0 saturated carbocycles. The summed E-state index contributed by atoms with van der Waals surface area (Å²) in [6, 6.07) is 8.36. The Balaban J connectivity index is 2.02. The zero-order valence-corrected chi connectivity index (χ0v) is 16.0. The van der Waals surface area contributed by atoms with E-state index in [1.807, 2.05) is 0 Å². The number of rotatable bonds is 7. The minimum absolute atomic E-state index is 0.147. The second-order valence-electron chi connectivity index (χ2n) is 5.91. The Morgan fingerprint density at radius 3 is 2.28 bits per heavy atom. The van der Waals surface area contributed by atoms with Crippen LogP contribution in [0.3, 0.4) is 0 Å². The summed E-state index contributed by atoms with van der Waals surface area (Å²) >= 11 is 0. The van der Waals surface area contributed by atoms with Gasteiger partial charge < -0.3 is 19.5 Å². The molecule has 0 heterocycles. The third kappa shape index (κ3) is 5.87. The van der Waals surface area contributed by atoms with Gasteiger partial charge >= 0.3 is 12.1 Å². The number of carbonyl (C=O) groups excluding carboxylic acids is 2. The highest BCUT2D eigenvalue weighted by molar-refractivity contribution is 5.97. The van der Waals surface area contributed by atoms with Crippen molar-refractivity contribution in [3.63, 3.8) is 0 Å². The molecule has 2 rings (SSSR count). The molecule has 6 nitrogen and oxygen atoms in total. The molecule has 0 aliphatic carbocycles. The maximum absolute atomic E-state index is 12.6. The smallest absolute Gasteiger partial charge is 0.416 e. The summed E-state index contributed by atoms with van der Waals surface area (Å²) in [5, 5.41) is 2.40. The second-order valence-corrected chi connectivity index (χ2v) is 5.91. The fourth-order valence-corrected chi connectivity index (χ4v) is 2.34. The third-order valence-electron chi connectivity index (χ3n) is 3.83. The van der Waals surface area contributed by atoms with Gasteiger partial charge in [0.15, 0.2) is 17.6 Å². The normalized spacial score (nSPS) is 12.1. The summed E-state index contributed by atoms with van der Waals surface area (Å²) in [4.78, 5) is 24.5. The molecule has 2 aromatic carbocycles. The van der Waals surface area contributed by atoms with Gasteiger partial charge in [-0.25, -0.2) is 4.79 Å². The number of methoxy groups -OCH3 is 1. The van der Waals surface area contributed by atoms with E-state index in [0.29, 0.717) is 18.1 Å². The quantitative estimate of drug-likeness (QED) is 0.688. The summed E-state index contributed by atoms with van der Waals surface area (Å²) in [6.45, 7) is 3.49. The summed E-state index contributed by atoms with van der Waals surface area (Å²) in [5.74, 6) is -0.650. The van der Waals surface area contributed by atoms with Crippen LogP contribution in [0.15, 0.2) is 42.5 Å². The van der Waals surface area contributed by atoms with Crippen molar-refractivity contribution >= 4 is 17.6 Å². The number of benzene rings is 2. The minimum atomic E-state index is -4.47. The third-order valence-corrected chi connectivity index (χ3v) is 3.83. The molecular weight excluding hydrogens is 391 g/mol. The first kappa shape index (κ1) is 22.1. The van der Waals surface area contributed by atoms with E-state index >= 15 is 0 Å². The number of carbonyl (C=O) groups is 2. The predicted molar refractivity (Wildman–Crippen MR) is 99.1 cm³/mol. The minimum Gasteiger partial charge on any atom is -0.493 e. The fraction of sp³-hybridized carbons (Fsp3) is 0.300. The van der Waals surface area contributed by atoms with Crippen molar-refractivity contribution in [1.29, 1.82) is 0 Å². The van der Waals surface area contributed by atoms with Crippen molar-refractivity contribution in [2.45, 2.75) is 26.1 Å². The summed E-state index contributed by atoms with van der Waals surface area (Å²) < 4.78 is 53.4. The first-order valence-electron chi connectivity index (χ1n) is 8.65. The van der Waals surface area contributed by atoms with Gasteiger partial charge in [0.1, 0.15) is 0 Å². The van der Waals surface area contributed by atoms with E-state index in [-0.39, 0.29) is 11.3 Å². The van der Waals surface area contributed by atoms with E-state index in [0.717, 1.165) is 24.3 Å². The molecule has 0 bridgehead atoms. The number of esters is 1. The summed E-state index contributed by atoms with van der Waals surface area (Å²) in [6.07, 6.45) is -5.65. The van der Waals surface area contributed by atoms with E-state index in [4.69, 9.17) is 14.2 Å². The van der Waals surface area contributed by atoms with Crippen LogP contribution in [0, 0.1) is 0 Å². The molecule has 29 heavy (non-hydrogen) atoms. The van der Waals surface area contributed by atoms with Crippen LogP contribution in [0.25, 0.3) is 0 Å².